The Labute approximate surface area is 183 Å². The average Bonchev–Trinajstić information content (AvgIpc) is 2.72. The summed E-state index contributed by atoms with van der Waals surface area (Å²) in [6, 6.07) is 16.2. The van der Waals surface area contributed by atoms with Crippen LogP contribution in [-0.4, -0.2) is 86.8 Å². The fourth-order valence-corrected chi connectivity index (χ4v) is 3.66. The number of aliphatic carboxylic acids is 4. The molecule has 0 amide bonds. The molecule has 0 atom stereocenters. The van der Waals surface area contributed by atoms with Gasteiger partial charge in [0, 0.05) is 13.1 Å². The van der Waals surface area contributed by atoms with E-state index in [2.05, 4.69) is 0 Å². The van der Waals surface area contributed by atoms with Crippen molar-refractivity contribution in [3.8, 4) is 0 Å². The lowest BCUT2D eigenvalue weighted by atomic mass is 9.81. The zero-order chi connectivity index (χ0) is 23.7. The molecule has 0 fully saturated rings. The van der Waals surface area contributed by atoms with Crippen LogP contribution in [0.1, 0.15) is 11.1 Å². The van der Waals surface area contributed by atoms with Gasteiger partial charge in [0.2, 0.25) is 0 Å². The number of carbonyl (C=O) groups is 4. The van der Waals surface area contributed by atoms with Crippen molar-refractivity contribution in [2.45, 2.75) is 5.54 Å². The number of carboxylic acid groups (broad SMARTS) is 4. The summed E-state index contributed by atoms with van der Waals surface area (Å²) < 4.78 is 0. The largest absolute Gasteiger partial charge is 0.480 e. The van der Waals surface area contributed by atoms with Crippen molar-refractivity contribution in [3.63, 3.8) is 0 Å². The molecule has 2 aromatic carbocycles. The minimum atomic E-state index is -1.90. The number of benzene rings is 2. The zero-order valence-corrected chi connectivity index (χ0v) is 17.1. The molecule has 0 saturated heterocycles. The molecule has 10 nitrogen and oxygen atoms in total. The predicted octanol–water partition coefficient (Wildman–Crippen LogP) is 0.873. The van der Waals surface area contributed by atoms with Crippen molar-refractivity contribution in [2.75, 3.05) is 32.7 Å². The minimum Gasteiger partial charge on any atom is -0.480 e. The van der Waals surface area contributed by atoms with Gasteiger partial charge in [-0.05, 0) is 11.1 Å². The van der Waals surface area contributed by atoms with Crippen LogP contribution in [-0.2, 0) is 24.7 Å². The summed E-state index contributed by atoms with van der Waals surface area (Å²) in [5.74, 6) is -5.12. The van der Waals surface area contributed by atoms with E-state index in [4.69, 9.17) is 10.2 Å². The smallest absolute Gasteiger partial charge is 0.333 e. The minimum absolute atomic E-state index is 0.180. The van der Waals surface area contributed by atoms with Crippen LogP contribution in [0.5, 0.6) is 0 Å². The molecule has 0 aliphatic heterocycles. The van der Waals surface area contributed by atoms with Crippen molar-refractivity contribution in [3.05, 3.63) is 71.8 Å². The molecule has 0 aliphatic carbocycles. The molecule has 32 heavy (non-hydrogen) atoms. The summed E-state index contributed by atoms with van der Waals surface area (Å²) in [5, 5.41) is 38.1. The predicted molar refractivity (Wildman–Crippen MR) is 112 cm³/mol. The highest BCUT2D eigenvalue weighted by Crippen LogP contribution is 2.36. The van der Waals surface area contributed by atoms with Gasteiger partial charge in [-0.15, -0.1) is 0 Å². The van der Waals surface area contributed by atoms with Crippen molar-refractivity contribution < 1.29 is 39.6 Å². The van der Waals surface area contributed by atoms with Gasteiger partial charge in [0.1, 0.15) is 0 Å². The molecule has 0 aromatic heterocycles. The lowest BCUT2D eigenvalue weighted by Gasteiger charge is -2.41. The van der Waals surface area contributed by atoms with Crippen molar-refractivity contribution >= 4 is 23.9 Å². The molecular weight excluding hydrogens is 420 g/mol. The lowest BCUT2D eigenvalue weighted by Crippen LogP contribution is -2.56. The molecule has 0 spiro atoms. The van der Waals surface area contributed by atoms with E-state index < -0.39 is 49.1 Å². The Bertz CT molecular complexity index is 893. The molecule has 0 aliphatic rings. The highest BCUT2D eigenvalue weighted by Gasteiger charge is 2.48. The number of hydrogen-bond donors (Lipinski definition) is 4. The Kier molecular flexibility index (Phi) is 8.45. The topological polar surface area (TPSA) is 156 Å². The van der Waals surface area contributed by atoms with Crippen LogP contribution in [0.25, 0.3) is 0 Å². The number of carboxylic acids is 4. The lowest BCUT2D eigenvalue weighted by molar-refractivity contribution is -0.153. The maximum atomic E-state index is 12.8. The SMILES string of the molecule is O=C(O)CN(CCN(CC(=O)O)C(C(=O)O)(c1ccccc1)c1ccccc1)CC(=O)O. The standard InChI is InChI=1S/C22H24N2O8/c25-18(26)13-23(14-19(27)28)11-12-24(15-20(29)30)22(21(31)32,16-7-3-1-4-8-16)17-9-5-2-6-10-17/h1-10H,11-15H2,(H,25,26)(H,27,28)(H,29,30)(H,31,32). The Hall–Kier alpha value is -3.76. The van der Waals surface area contributed by atoms with E-state index in [1.165, 1.54) is 4.90 Å². The molecule has 2 rings (SSSR count). The van der Waals surface area contributed by atoms with E-state index in [1.807, 2.05) is 0 Å². The third-order valence-electron chi connectivity index (χ3n) is 4.90. The maximum absolute atomic E-state index is 12.8. The van der Waals surface area contributed by atoms with Crippen LogP contribution < -0.4 is 0 Å². The van der Waals surface area contributed by atoms with Gasteiger partial charge in [-0.2, -0.15) is 0 Å². The van der Waals surface area contributed by atoms with Gasteiger partial charge < -0.3 is 20.4 Å². The van der Waals surface area contributed by atoms with E-state index in [0.29, 0.717) is 11.1 Å². The molecule has 0 unspecified atom stereocenters. The molecule has 10 heteroatoms. The fourth-order valence-electron chi connectivity index (χ4n) is 3.66. The third kappa shape index (κ3) is 5.90. The summed E-state index contributed by atoms with van der Waals surface area (Å²) in [6.45, 7) is -2.26. The van der Waals surface area contributed by atoms with Crippen molar-refractivity contribution in [2.24, 2.45) is 0 Å². The molecule has 0 heterocycles. The first-order valence-electron chi connectivity index (χ1n) is 9.65. The summed E-state index contributed by atoms with van der Waals surface area (Å²) in [5.41, 5.74) is -1.29. The van der Waals surface area contributed by atoms with Crippen LogP contribution in [0.15, 0.2) is 60.7 Å². The van der Waals surface area contributed by atoms with Crippen LogP contribution >= 0.6 is 0 Å². The molecule has 170 valence electrons. The zero-order valence-electron chi connectivity index (χ0n) is 17.1. The van der Waals surface area contributed by atoms with Gasteiger partial charge in [-0.25, -0.2) is 4.79 Å². The van der Waals surface area contributed by atoms with Crippen LogP contribution in [0.3, 0.4) is 0 Å². The van der Waals surface area contributed by atoms with Gasteiger partial charge >= 0.3 is 23.9 Å². The highest BCUT2D eigenvalue weighted by atomic mass is 16.4. The number of hydrogen-bond acceptors (Lipinski definition) is 6. The fraction of sp³-hybridized carbons (Fsp3) is 0.273. The van der Waals surface area contributed by atoms with E-state index >= 15 is 0 Å². The second-order valence-electron chi connectivity index (χ2n) is 7.06. The highest BCUT2D eigenvalue weighted by molar-refractivity contribution is 5.86. The summed E-state index contributed by atoms with van der Waals surface area (Å²) in [6.07, 6.45) is 0. The van der Waals surface area contributed by atoms with E-state index in [1.54, 1.807) is 60.7 Å². The van der Waals surface area contributed by atoms with Gasteiger partial charge in [0.05, 0.1) is 19.6 Å². The van der Waals surface area contributed by atoms with E-state index in [-0.39, 0.29) is 13.1 Å². The summed E-state index contributed by atoms with van der Waals surface area (Å²) in [4.78, 5) is 49.1. The average molecular weight is 444 g/mol. The third-order valence-corrected chi connectivity index (χ3v) is 4.90. The second-order valence-corrected chi connectivity index (χ2v) is 7.06. The first kappa shape index (κ1) is 24.5. The van der Waals surface area contributed by atoms with Gasteiger partial charge in [0.25, 0.3) is 0 Å². The first-order chi connectivity index (χ1) is 15.2. The molecular formula is C22H24N2O8. The monoisotopic (exact) mass is 444 g/mol. The Morgan fingerprint density at radius 1 is 0.625 bits per heavy atom. The molecule has 0 radical (unpaired) electrons. The number of rotatable bonds is 13. The van der Waals surface area contributed by atoms with Gasteiger partial charge in [-0.1, -0.05) is 60.7 Å². The molecule has 0 bridgehead atoms. The Balaban J connectivity index is 2.59. The van der Waals surface area contributed by atoms with Gasteiger partial charge in [0.15, 0.2) is 5.54 Å². The summed E-state index contributed by atoms with van der Waals surface area (Å²) in [7, 11) is 0. The van der Waals surface area contributed by atoms with E-state index in [9.17, 15) is 29.4 Å². The quantitative estimate of drug-likeness (QED) is 0.350. The van der Waals surface area contributed by atoms with Crippen LogP contribution in [0, 0.1) is 0 Å². The first-order valence-corrected chi connectivity index (χ1v) is 9.65. The normalized spacial score (nSPS) is 11.4. The van der Waals surface area contributed by atoms with Crippen LogP contribution in [0.4, 0.5) is 0 Å². The van der Waals surface area contributed by atoms with Crippen LogP contribution in [0.2, 0.25) is 0 Å². The summed E-state index contributed by atoms with van der Waals surface area (Å²) >= 11 is 0. The van der Waals surface area contributed by atoms with E-state index in [0.717, 1.165) is 4.90 Å². The van der Waals surface area contributed by atoms with Crippen molar-refractivity contribution in [1.82, 2.24) is 9.80 Å². The Morgan fingerprint density at radius 3 is 1.38 bits per heavy atom. The Morgan fingerprint density at radius 2 is 1.03 bits per heavy atom. The molecule has 0 saturated carbocycles. The number of nitrogens with zero attached hydrogens (tertiary/aromatic N) is 2. The maximum Gasteiger partial charge on any atom is 0.333 e. The van der Waals surface area contributed by atoms with Gasteiger partial charge in [-0.3, -0.25) is 24.2 Å². The second kappa shape index (κ2) is 11.0. The molecule has 4 N–H and O–H groups in total. The van der Waals surface area contributed by atoms with Crippen molar-refractivity contribution in [1.29, 1.82) is 0 Å². The molecule has 2 aromatic rings.